The van der Waals surface area contributed by atoms with E-state index in [1.165, 1.54) is 17.2 Å². The maximum atomic E-state index is 12.4. The molecule has 0 saturated carbocycles. The van der Waals surface area contributed by atoms with Gasteiger partial charge in [0.05, 0.1) is 6.21 Å². The first kappa shape index (κ1) is 17.7. The Bertz CT molecular complexity index is 1140. The first-order valence-corrected chi connectivity index (χ1v) is 8.21. The lowest BCUT2D eigenvalue weighted by Crippen LogP contribution is -2.37. The van der Waals surface area contributed by atoms with Gasteiger partial charge in [0.25, 0.3) is 5.56 Å². The van der Waals surface area contributed by atoms with Gasteiger partial charge in [0.2, 0.25) is 5.95 Å². The molecule has 0 aliphatic heterocycles. The van der Waals surface area contributed by atoms with Crippen molar-refractivity contribution in [2.75, 3.05) is 5.43 Å². The van der Waals surface area contributed by atoms with Crippen LogP contribution in [0.5, 0.6) is 0 Å². The van der Waals surface area contributed by atoms with Crippen LogP contribution >= 0.6 is 0 Å². The SMILES string of the molecule is Cc1cc(C)c(/C=N/Nc2nc3c(c(=O)n(C)c(=O)n3C)n2C)c(C)c1. The topological polar surface area (TPSA) is 86.2 Å². The van der Waals surface area contributed by atoms with E-state index in [0.29, 0.717) is 17.1 Å². The molecule has 0 fully saturated rings. The third-order valence-electron chi connectivity index (χ3n) is 4.57. The summed E-state index contributed by atoms with van der Waals surface area (Å²) in [5.74, 6) is 0.386. The van der Waals surface area contributed by atoms with Gasteiger partial charge in [-0.3, -0.25) is 13.9 Å². The predicted octanol–water partition coefficient (Wildman–Crippen LogP) is 1.34. The molecule has 0 radical (unpaired) electrons. The molecule has 26 heavy (non-hydrogen) atoms. The molecule has 3 aromatic rings. The van der Waals surface area contributed by atoms with Crippen molar-refractivity contribution in [3.05, 3.63) is 55.2 Å². The second-order valence-corrected chi connectivity index (χ2v) is 6.55. The molecule has 8 nitrogen and oxygen atoms in total. The first-order chi connectivity index (χ1) is 12.2. The molecule has 0 aliphatic carbocycles. The largest absolute Gasteiger partial charge is 0.332 e. The summed E-state index contributed by atoms with van der Waals surface area (Å²) in [6, 6.07) is 4.20. The molecule has 2 aromatic heterocycles. The van der Waals surface area contributed by atoms with Gasteiger partial charge in [-0.2, -0.15) is 10.1 Å². The van der Waals surface area contributed by atoms with Crippen LogP contribution in [0.4, 0.5) is 5.95 Å². The van der Waals surface area contributed by atoms with E-state index in [1.54, 1.807) is 24.9 Å². The number of hydrogen-bond donors (Lipinski definition) is 1. The number of hydrogen-bond acceptors (Lipinski definition) is 5. The number of imidazole rings is 1. The van der Waals surface area contributed by atoms with E-state index < -0.39 is 5.69 Å². The highest BCUT2D eigenvalue weighted by Crippen LogP contribution is 2.15. The molecule has 1 N–H and O–H groups in total. The molecule has 0 spiro atoms. The van der Waals surface area contributed by atoms with Crippen molar-refractivity contribution in [1.82, 2.24) is 18.7 Å². The van der Waals surface area contributed by atoms with Crippen molar-refractivity contribution in [3.63, 3.8) is 0 Å². The van der Waals surface area contributed by atoms with Crippen molar-refractivity contribution < 1.29 is 0 Å². The minimum absolute atomic E-state index is 0.320. The van der Waals surface area contributed by atoms with Crippen molar-refractivity contribution in [2.45, 2.75) is 20.8 Å². The summed E-state index contributed by atoms with van der Waals surface area (Å²) >= 11 is 0. The van der Waals surface area contributed by atoms with Gasteiger partial charge in [0, 0.05) is 26.7 Å². The van der Waals surface area contributed by atoms with Gasteiger partial charge in [0.15, 0.2) is 11.2 Å². The summed E-state index contributed by atoms with van der Waals surface area (Å²) < 4.78 is 4.01. The Balaban J connectivity index is 2.02. The van der Waals surface area contributed by atoms with Crippen molar-refractivity contribution in [2.24, 2.45) is 26.2 Å². The highest BCUT2D eigenvalue weighted by Gasteiger charge is 2.16. The molecule has 3 rings (SSSR count). The summed E-state index contributed by atoms with van der Waals surface area (Å²) in [4.78, 5) is 28.8. The first-order valence-electron chi connectivity index (χ1n) is 8.21. The maximum Gasteiger partial charge on any atom is 0.332 e. The Morgan fingerprint density at radius 1 is 1.00 bits per heavy atom. The quantitative estimate of drug-likeness (QED) is 0.568. The molecular formula is C18H22N6O2. The molecule has 0 atom stereocenters. The zero-order valence-electron chi connectivity index (χ0n) is 15.8. The standard InChI is InChI=1S/C18H22N6O2/c1-10-7-11(2)13(12(3)8-10)9-19-21-17-20-15-14(22(17)4)16(25)24(6)18(26)23(15)5/h7-9H,1-6H3,(H,20,21)/b19-9+. The van der Waals surface area contributed by atoms with E-state index in [4.69, 9.17) is 0 Å². The predicted molar refractivity (Wildman–Crippen MR) is 103 cm³/mol. The third kappa shape index (κ3) is 2.73. The van der Waals surface area contributed by atoms with Crippen LogP contribution in [0.25, 0.3) is 11.2 Å². The van der Waals surface area contributed by atoms with E-state index in [2.05, 4.69) is 34.6 Å². The fraction of sp³-hybridized carbons (Fsp3) is 0.333. The lowest BCUT2D eigenvalue weighted by Gasteiger charge is -2.06. The fourth-order valence-electron chi connectivity index (χ4n) is 3.17. The zero-order chi connectivity index (χ0) is 19.2. The summed E-state index contributed by atoms with van der Waals surface area (Å²) in [5, 5.41) is 4.27. The number of nitrogens with zero attached hydrogens (tertiary/aromatic N) is 5. The van der Waals surface area contributed by atoms with Crippen LogP contribution in [0.3, 0.4) is 0 Å². The summed E-state index contributed by atoms with van der Waals surface area (Å²) in [5.41, 5.74) is 7.24. The number of nitrogens with one attached hydrogen (secondary N) is 1. The summed E-state index contributed by atoms with van der Waals surface area (Å²) in [6.45, 7) is 6.13. The molecule has 136 valence electrons. The number of fused-ring (bicyclic) bond motifs is 1. The van der Waals surface area contributed by atoms with Crippen molar-refractivity contribution in [3.8, 4) is 0 Å². The van der Waals surface area contributed by atoms with Crippen LogP contribution < -0.4 is 16.7 Å². The molecule has 0 bridgehead atoms. The van der Waals surface area contributed by atoms with Gasteiger partial charge in [-0.1, -0.05) is 17.7 Å². The van der Waals surface area contributed by atoms with Crippen molar-refractivity contribution in [1.29, 1.82) is 0 Å². The molecule has 8 heteroatoms. The molecule has 0 saturated heterocycles. The molecule has 2 heterocycles. The highest BCUT2D eigenvalue weighted by molar-refractivity contribution is 5.84. The van der Waals surface area contributed by atoms with Gasteiger partial charge < -0.3 is 4.57 Å². The number of anilines is 1. The van der Waals surface area contributed by atoms with E-state index >= 15 is 0 Å². The molecule has 0 amide bonds. The summed E-state index contributed by atoms with van der Waals surface area (Å²) in [7, 11) is 4.75. The smallest absolute Gasteiger partial charge is 0.306 e. The van der Waals surface area contributed by atoms with Crippen LogP contribution in [-0.2, 0) is 21.1 Å². The Labute approximate surface area is 150 Å². The van der Waals surface area contributed by atoms with Crippen LogP contribution in [0.15, 0.2) is 26.8 Å². The second kappa shape index (κ2) is 6.29. The molecule has 0 aliphatic rings. The monoisotopic (exact) mass is 354 g/mol. The molecule has 1 aromatic carbocycles. The zero-order valence-corrected chi connectivity index (χ0v) is 15.8. The average Bonchev–Trinajstić information content (AvgIpc) is 2.90. The number of rotatable bonds is 3. The molecule has 0 unspecified atom stereocenters. The Hall–Kier alpha value is -3.16. The highest BCUT2D eigenvalue weighted by atomic mass is 16.2. The van der Waals surface area contributed by atoms with E-state index in [0.717, 1.165) is 21.3 Å². The normalized spacial score (nSPS) is 11.6. The Morgan fingerprint density at radius 2 is 1.62 bits per heavy atom. The third-order valence-corrected chi connectivity index (χ3v) is 4.57. The van der Waals surface area contributed by atoms with Gasteiger partial charge >= 0.3 is 5.69 Å². The van der Waals surface area contributed by atoms with Gasteiger partial charge in [0.1, 0.15) is 0 Å². The van der Waals surface area contributed by atoms with Crippen LogP contribution in [0.1, 0.15) is 22.3 Å². The lowest BCUT2D eigenvalue weighted by atomic mass is 10.0. The number of aryl methyl sites for hydroxylation is 5. The Kier molecular flexibility index (Phi) is 4.27. The van der Waals surface area contributed by atoms with E-state index in [9.17, 15) is 9.59 Å². The van der Waals surface area contributed by atoms with Gasteiger partial charge in [-0.15, -0.1) is 0 Å². The van der Waals surface area contributed by atoms with Crippen LogP contribution in [0, 0.1) is 20.8 Å². The van der Waals surface area contributed by atoms with Crippen LogP contribution in [-0.4, -0.2) is 24.9 Å². The fourth-order valence-corrected chi connectivity index (χ4v) is 3.17. The Morgan fingerprint density at radius 3 is 2.23 bits per heavy atom. The van der Waals surface area contributed by atoms with Gasteiger partial charge in [-0.25, -0.2) is 10.2 Å². The average molecular weight is 354 g/mol. The van der Waals surface area contributed by atoms with Crippen molar-refractivity contribution >= 4 is 23.3 Å². The van der Waals surface area contributed by atoms with Crippen LogP contribution in [0.2, 0.25) is 0 Å². The number of benzene rings is 1. The van der Waals surface area contributed by atoms with E-state index in [-0.39, 0.29) is 5.56 Å². The second-order valence-electron chi connectivity index (χ2n) is 6.55. The maximum absolute atomic E-state index is 12.4. The minimum atomic E-state index is -0.415. The minimum Gasteiger partial charge on any atom is -0.306 e. The number of aromatic nitrogens is 4. The summed E-state index contributed by atoms with van der Waals surface area (Å²) in [6.07, 6.45) is 1.74. The lowest BCUT2D eigenvalue weighted by molar-refractivity contribution is 0.705. The molecular weight excluding hydrogens is 332 g/mol. The van der Waals surface area contributed by atoms with Gasteiger partial charge in [-0.05, 0) is 31.9 Å². The number of hydrazone groups is 1. The van der Waals surface area contributed by atoms with E-state index in [1.807, 2.05) is 13.8 Å².